The minimum atomic E-state index is -0.219. The number of benzene rings is 2. The summed E-state index contributed by atoms with van der Waals surface area (Å²) in [4.78, 5) is 33.4. The second kappa shape index (κ2) is 7.96. The normalized spacial score (nSPS) is 13.3. The molecule has 2 N–H and O–H groups in total. The molecular formula is C23H21N5O2S. The molecule has 1 aliphatic heterocycles. The highest BCUT2D eigenvalue weighted by atomic mass is 32.2. The summed E-state index contributed by atoms with van der Waals surface area (Å²) in [5, 5.41) is 6.06. The van der Waals surface area contributed by atoms with Gasteiger partial charge in [-0.25, -0.2) is 14.3 Å². The summed E-state index contributed by atoms with van der Waals surface area (Å²) in [7, 11) is 0. The monoisotopic (exact) mass is 431 g/mol. The molecule has 156 valence electrons. The van der Waals surface area contributed by atoms with Gasteiger partial charge in [0, 0.05) is 29.6 Å². The third-order valence-corrected chi connectivity index (χ3v) is 6.22. The zero-order valence-corrected chi connectivity index (χ0v) is 17.8. The van der Waals surface area contributed by atoms with Gasteiger partial charge in [0.2, 0.25) is 0 Å². The average molecular weight is 432 g/mol. The van der Waals surface area contributed by atoms with Crippen LogP contribution in [0.1, 0.15) is 11.3 Å². The maximum atomic E-state index is 13.1. The predicted octanol–water partition coefficient (Wildman–Crippen LogP) is 4.00. The molecule has 4 aromatic rings. The zero-order chi connectivity index (χ0) is 21.4. The Bertz CT molecular complexity index is 1310. The van der Waals surface area contributed by atoms with Crippen molar-refractivity contribution < 1.29 is 4.79 Å². The molecule has 7 nitrogen and oxygen atoms in total. The van der Waals surface area contributed by atoms with E-state index in [1.165, 1.54) is 4.52 Å². The van der Waals surface area contributed by atoms with Crippen molar-refractivity contribution >= 4 is 29.1 Å². The van der Waals surface area contributed by atoms with Gasteiger partial charge in [0.15, 0.2) is 5.65 Å². The fourth-order valence-corrected chi connectivity index (χ4v) is 4.21. The number of hydrogen-bond donors (Lipinski definition) is 2. The lowest BCUT2D eigenvalue weighted by Gasteiger charge is -2.27. The second-order valence-corrected chi connectivity index (χ2v) is 8.28. The summed E-state index contributed by atoms with van der Waals surface area (Å²) in [6.45, 7) is 0.749. The number of aromatic amines is 1. The van der Waals surface area contributed by atoms with Crippen LogP contribution in [0, 0.1) is 0 Å². The van der Waals surface area contributed by atoms with Crippen molar-refractivity contribution in [3.63, 3.8) is 0 Å². The van der Waals surface area contributed by atoms with Crippen LogP contribution < -0.4 is 10.9 Å². The van der Waals surface area contributed by atoms with E-state index in [1.807, 2.05) is 66.9 Å². The van der Waals surface area contributed by atoms with E-state index in [-0.39, 0.29) is 18.1 Å². The molecule has 5 rings (SSSR count). The van der Waals surface area contributed by atoms with Gasteiger partial charge < -0.3 is 10.2 Å². The van der Waals surface area contributed by atoms with Crippen LogP contribution in [0.2, 0.25) is 0 Å². The Labute approximate surface area is 183 Å². The fourth-order valence-electron chi connectivity index (χ4n) is 3.80. The van der Waals surface area contributed by atoms with Crippen LogP contribution in [0.5, 0.6) is 0 Å². The number of anilines is 1. The minimum Gasteiger partial charge on any atom is -0.320 e. The van der Waals surface area contributed by atoms with E-state index < -0.39 is 0 Å². The number of fused-ring (bicyclic) bond motifs is 2. The number of rotatable bonds is 3. The molecule has 0 bridgehead atoms. The van der Waals surface area contributed by atoms with Gasteiger partial charge in [-0.1, -0.05) is 30.3 Å². The lowest BCUT2D eigenvalue weighted by atomic mass is 10.1. The van der Waals surface area contributed by atoms with Gasteiger partial charge in [0.1, 0.15) is 0 Å². The van der Waals surface area contributed by atoms with Crippen molar-refractivity contribution in [3.8, 4) is 11.3 Å². The van der Waals surface area contributed by atoms with Crippen LogP contribution in [0.25, 0.3) is 16.9 Å². The molecular weight excluding hydrogens is 410 g/mol. The van der Waals surface area contributed by atoms with Gasteiger partial charge in [-0.15, -0.1) is 11.8 Å². The summed E-state index contributed by atoms with van der Waals surface area (Å²) in [5.41, 5.74) is 4.29. The van der Waals surface area contributed by atoms with Crippen LogP contribution in [0.4, 0.5) is 10.5 Å². The van der Waals surface area contributed by atoms with Gasteiger partial charge in [-0.05, 0) is 36.1 Å². The van der Waals surface area contributed by atoms with Gasteiger partial charge in [-0.3, -0.25) is 9.89 Å². The van der Waals surface area contributed by atoms with Crippen molar-refractivity contribution in [2.45, 2.75) is 17.9 Å². The van der Waals surface area contributed by atoms with E-state index in [1.54, 1.807) is 16.7 Å². The number of H-pyrrole nitrogens is 1. The highest BCUT2D eigenvalue weighted by Gasteiger charge is 2.25. The first-order valence-corrected chi connectivity index (χ1v) is 11.2. The number of hydrogen-bond acceptors (Lipinski definition) is 4. The molecule has 0 unspecified atom stereocenters. The molecule has 0 saturated carbocycles. The van der Waals surface area contributed by atoms with E-state index in [0.717, 1.165) is 27.5 Å². The third-order valence-electron chi connectivity index (χ3n) is 5.47. The van der Waals surface area contributed by atoms with E-state index in [0.29, 0.717) is 24.2 Å². The summed E-state index contributed by atoms with van der Waals surface area (Å²) in [6, 6.07) is 19.2. The van der Waals surface area contributed by atoms with Crippen LogP contribution in [-0.4, -0.2) is 38.3 Å². The highest BCUT2D eigenvalue weighted by Crippen LogP contribution is 2.22. The largest absolute Gasteiger partial charge is 0.322 e. The van der Waals surface area contributed by atoms with E-state index in [2.05, 4.69) is 10.4 Å². The molecule has 2 aromatic carbocycles. The predicted molar refractivity (Wildman–Crippen MR) is 123 cm³/mol. The maximum absolute atomic E-state index is 13.1. The van der Waals surface area contributed by atoms with E-state index >= 15 is 0 Å². The smallest absolute Gasteiger partial charge is 0.320 e. The second-order valence-electron chi connectivity index (χ2n) is 7.40. The SMILES string of the molecule is CSc1ccc(NC(=O)N2CCc3nc4cc(-c5ccccc5)[nH]n4c(=O)c3C2)cc1. The molecule has 2 amide bonds. The molecule has 1 aliphatic rings. The molecule has 0 atom stereocenters. The van der Waals surface area contributed by atoms with Crippen LogP contribution in [0.3, 0.4) is 0 Å². The Kier molecular flexibility index (Phi) is 4.99. The zero-order valence-electron chi connectivity index (χ0n) is 17.0. The molecule has 8 heteroatoms. The number of urea groups is 1. The molecule has 3 heterocycles. The molecule has 0 fully saturated rings. The van der Waals surface area contributed by atoms with E-state index in [4.69, 9.17) is 4.98 Å². The van der Waals surface area contributed by atoms with Gasteiger partial charge in [0.25, 0.3) is 5.56 Å². The third kappa shape index (κ3) is 3.70. The summed E-state index contributed by atoms with van der Waals surface area (Å²) in [6.07, 6.45) is 2.56. The summed E-state index contributed by atoms with van der Waals surface area (Å²) < 4.78 is 1.46. The number of amides is 2. The highest BCUT2D eigenvalue weighted by molar-refractivity contribution is 7.98. The van der Waals surface area contributed by atoms with Crippen molar-refractivity contribution in [3.05, 3.63) is 82.3 Å². The lowest BCUT2D eigenvalue weighted by molar-refractivity contribution is 0.205. The van der Waals surface area contributed by atoms with Crippen molar-refractivity contribution in [1.29, 1.82) is 0 Å². The number of nitrogens with one attached hydrogen (secondary N) is 2. The Morgan fingerprint density at radius 2 is 1.90 bits per heavy atom. The van der Waals surface area contributed by atoms with E-state index in [9.17, 15) is 9.59 Å². The summed E-state index contributed by atoms with van der Waals surface area (Å²) >= 11 is 1.65. The number of aromatic nitrogens is 3. The Hall–Kier alpha value is -3.52. The molecule has 0 radical (unpaired) electrons. The topological polar surface area (TPSA) is 82.5 Å². The lowest BCUT2D eigenvalue weighted by Crippen LogP contribution is -2.42. The van der Waals surface area contributed by atoms with Crippen LogP contribution in [0.15, 0.2) is 70.4 Å². The van der Waals surface area contributed by atoms with Crippen LogP contribution >= 0.6 is 11.8 Å². The minimum absolute atomic E-state index is 0.163. The molecule has 0 spiro atoms. The molecule has 0 aliphatic carbocycles. The first kappa shape index (κ1) is 19.4. The van der Waals surface area contributed by atoms with Crippen molar-refractivity contribution in [2.24, 2.45) is 0 Å². The van der Waals surface area contributed by atoms with Crippen molar-refractivity contribution in [2.75, 3.05) is 18.1 Å². The molecule has 0 saturated heterocycles. The summed E-state index contributed by atoms with van der Waals surface area (Å²) in [5.74, 6) is 0. The number of nitrogens with zero attached hydrogens (tertiary/aromatic N) is 3. The first-order chi connectivity index (χ1) is 15.1. The number of carbonyl (C=O) groups excluding carboxylic acids is 1. The molecule has 2 aromatic heterocycles. The standard InChI is InChI=1S/C23H21N5O2S/c1-31-17-9-7-16(8-10-17)24-23(30)27-12-11-19-18(14-27)22(29)28-21(25-19)13-20(26-28)15-5-3-2-4-6-15/h2-10,13,26H,11-12,14H2,1H3,(H,24,30). The Morgan fingerprint density at radius 1 is 1.13 bits per heavy atom. The molecule has 31 heavy (non-hydrogen) atoms. The van der Waals surface area contributed by atoms with Crippen molar-refractivity contribution in [1.82, 2.24) is 19.5 Å². The fraction of sp³-hybridized carbons (Fsp3) is 0.174. The Balaban J connectivity index is 1.41. The number of carbonyl (C=O) groups is 1. The maximum Gasteiger partial charge on any atom is 0.322 e. The van der Waals surface area contributed by atoms with Gasteiger partial charge >= 0.3 is 6.03 Å². The number of thioether (sulfide) groups is 1. The van der Waals surface area contributed by atoms with Crippen LogP contribution in [-0.2, 0) is 13.0 Å². The quantitative estimate of drug-likeness (QED) is 0.481. The van der Waals surface area contributed by atoms with Gasteiger partial charge in [0.05, 0.1) is 23.5 Å². The first-order valence-electron chi connectivity index (χ1n) is 10.0. The Morgan fingerprint density at radius 3 is 2.65 bits per heavy atom. The average Bonchev–Trinajstić information content (AvgIpc) is 3.24. The van der Waals surface area contributed by atoms with Gasteiger partial charge in [-0.2, -0.15) is 0 Å².